The number of nitrogens with one attached hydrogen (secondary N) is 2. The normalized spacial score (nSPS) is 19.1. The number of amides is 2. The van der Waals surface area contributed by atoms with E-state index in [2.05, 4.69) is 25.5 Å². The van der Waals surface area contributed by atoms with Crippen LogP contribution >= 0.6 is 0 Å². The van der Waals surface area contributed by atoms with Crippen LogP contribution in [0.4, 0.5) is 30.7 Å². The Morgan fingerprint density at radius 3 is 2.35 bits per heavy atom. The number of halogens is 3. The fourth-order valence-electron chi connectivity index (χ4n) is 4.79. The molecule has 5 rings (SSSR count). The Kier molecular flexibility index (Phi) is 7.25. The summed E-state index contributed by atoms with van der Waals surface area (Å²) < 4.78 is 46.1. The first-order valence-electron chi connectivity index (χ1n) is 12.9. The van der Waals surface area contributed by atoms with Crippen molar-refractivity contribution in [2.45, 2.75) is 51.1 Å². The van der Waals surface area contributed by atoms with Gasteiger partial charge in [-0.05, 0) is 63.0 Å². The highest BCUT2D eigenvalue weighted by Gasteiger charge is 2.42. The smallest absolute Gasteiger partial charge is 0.417 e. The minimum absolute atomic E-state index is 0.00637. The molecule has 0 unspecified atom stereocenters. The monoisotopic (exact) mass is 520 g/mol. The highest BCUT2D eigenvalue weighted by Crippen LogP contribution is 2.35. The largest absolute Gasteiger partial charge is 0.437 e. The van der Waals surface area contributed by atoms with Crippen LogP contribution in [-0.4, -0.2) is 54.5 Å². The summed E-state index contributed by atoms with van der Waals surface area (Å²) in [4.78, 5) is 36.7. The quantitative estimate of drug-likeness (QED) is 0.567. The summed E-state index contributed by atoms with van der Waals surface area (Å²) in [5.41, 5.74) is -1.09. The maximum absolute atomic E-state index is 13.6. The molecule has 2 aromatic heterocycles. The molecule has 0 spiro atoms. The molecule has 3 fully saturated rings. The Morgan fingerprint density at radius 2 is 1.73 bits per heavy atom. The van der Waals surface area contributed by atoms with Crippen molar-refractivity contribution < 1.29 is 27.2 Å². The van der Waals surface area contributed by atoms with Gasteiger partial charge in [0, 0.05) is 38.6 Å². The molecule has 0 bridgehead atoms. The molecule has 0 aromatic carbocycles. The van der Waals surface area contributed by atoms with Crippen LogP contribution in [0.2, 0.25) is 0 Å². The third-order valence-electron chi connectivity index (χ3n) is 7.17. The number of carbonyl (C=O) groups excluding carboxylic acids is 2. The Bertz CT molecular complexity index is 1100. The van der Waals surface area contributed by atoms with E-state index in [1.807, 2.05) is 0 Å². The predicted molar refractivity (Wildman–Crippen MR) is 130 cm³/mol. The first kappa shape index (κ1) is 25.3. The van der Waals surface area contributed by atoms with Gasteiger partial charge in [-0.15, -0.1) is 0 Å². The predicted octanol–water partition coefficient (Wildman–Crippen LogP) is 4.07. The van der Waals surface area contributed by atoms with Crippen LogP contribution in [0.15, 0.2) is 22.7 Å². The first-order valence-corrected chi connectivity index (χ1v) is 12.9. The number of anilines is 3. The second kappa shape index (κ2) is 10.6. The van der Waals surface area contributed by atoms with Gasteiger partial charge < -0.3 is 24.9 Å². The number of rotatable bonds is 7. The number of alkyl halides is 3. The summed E-state index contributed by atoms with van der Waals surface area (Å²) in [5.74, 6) is -0.458. The van der Waals surface area contributed by atoms with E-state index < -0.39 is 23.5 Å². The first-order chi connectivity index (χ1) is 17.8. The lowest BCUT2D eigenvalue weighted by Crippen LogP contribution is -2.41. The van der Waals surface area contributed by atoms with Crippen LogP contribution in [0.1, 0.15) is 61.2 Å². The van der Waals surface area contributed by atoms with Crippen LogP contribution in [0.25, 0.3) is 0 Å². The number of hydrogen-bond acceptors (Lipinski definition) is 7. The maximum atomic E-state index is 13.6. The topological polar surface area (TPSA) is 104 Å². The lowest BCUT2D eigenvalue weighted by Gasteiger charge is -2.32. The van der Waals surface area contributed by atoms with E-state index in [0.717, 1.165) is 38.6 Å². The highest BCUT2D eigenvalue weighted by atomic mass is 19.4. The standard InChI is InChI=1S/C25H31F3N6O3/c26-25(27,28)21-20(37-24(32-21)34-10-2-1-3-11-34)23(36)31-18-6-7-19(29-15-18)33-12-8-17(9-13-33)22(35)30-14-16-4-5-16/h6-7,15-17H,1-5,8-14H2,(H,30,35)(H,31,36). The summed E-state index contributed by atoms with van der Waals surface area (Å²) in [5, 5.41) is 5.48. The number of carbonyl (C=O) groups is 2. The fourth-order valence-corrected chi connectivity index (χ4v) is 4.79. The number of oxazole rings is 1. The molecule has 2 saturated heterocycles. The Morgan fingerprint density at radius 1 is 1.00 bits per heavy atom. The highest BCUT2D eigenvalue weighted by molar-refractivity contribution is 6.03. The van der Waals surface area contributed by atoms with Gasteiger partial charge in [0.25, 0.3) is 11.9 Å². The number of pyridine rings is 1. The summed E-state index contributed by atoms with van der Waals surface area (Å²) >= 11 is 0. The van der Waals surface area contributed by atoms with Crippen LogP contribution in [0, 0.1) is 11.8 Å². The number of nitrogens with zero attached hydrogens (tertiary/aromatic N) is 4. The molecule has 2 aliphatic heterocycles. The molecule has 1 aliphatic carbocycles. The molecule has 9 nitrogen and oxygen atoms in total. The zero-order chi connectivity index (χ0) is 26.0. The minimum Gasteiger partial charge on any atom is -0.417 e. The number of aromatic nitrogens is 2. The fraction of sp³-hybridized carbons (Fsp3) is 0.600. The van der Waals surface area contributed by atoms with Crippen LogP contribution in [0.3, 0.4) is 0 Å². The summed E-state index contributed by atoms with van der Waals surface area (Å²) in [6, 6.07) is 3.10. The van der Waals surface area contributed by atoms with E-state index in [4.69, 9.17) is 4.42 Å². The third kappa shape index (κ3) is 6.16. The molecule has 0 atom stereocenters. The van der Waals surface area contributed by atoms with Crippen molar-refractivity contribution in [1.82, 2.24) is 15.3 Å². The van der Waals surface area contributed by atoms with E-state index in [1.54, 1.807) is 17.0 Å². The Balaban J connectivity index is 1.19. The van der Waals surface area contributed by atoms with Gasteiger partial charge in [-0.25, -0.2) is 4.98 Å². The second-order valence-electron chi connectivity index (χ2n) is 10.0. The third-order valence-corrected chi connectivity index (χ3v) is 7.17. The van der Waals surface area contributed by atoms with Crippen LogP contribution in [-0.2, 0) is 11.0 Å². The average molecular weight is 521 g/mol. The van der Waals surface area contributed by atoms with Gasteiger partial charge in [-0.1, -0.05) is 0 Å². The molecule has 0 radical (unpaired) electrons. The zero-order valence-corrected chi connectivity index (χ0v) is 20.5. The van der Waals surface area contributed by atoms with Crippen molar-refractivity contribution in [2.75, 3.05) is 47.8 Å². The molecular weight excluding hydrogens is 489 g/mol. The number of piperidine rings is 2. The van der Waals surface area contributed by atoms with Gasteiger partial charge in [-0.2, -0.15) is 18.2 Å². The molecule has 2 aromatic rings. The van der Waals surface area contributed by atoms with Crippen molar-refractivity contribution in [3.63, 3.8) is 0 Å². The zero-order valence-electron chi connectivity index (χ0n) is 20.5. The molecule has 200 valence electrons. The Hall–Kier alpha value is -3.31. The number of hydrogen-bond donors (Lipinski definition) is 2. The van der Waals surface area contributed by atoms with E-state index in [-0.39, 0.29) is 23.5 Å². The summed E-state index contributed by atoms with van der Waals surface area (Å²) in [6.45, 7) is 3.18. The van der Waals surface area contributed by atoms with Crippen molar-refractivity contribution in [3.05, 3.63) is 29.8 Å². The van der Waals surface area contributed by atoms with E-state index in [1.165, 1.54) is 19.0 Å². The lowest BCUT2D eigenvalue weighted by molar-refractivity contribution is -0.141. The van der Waals surface area contributed by atoms with Crippen molar-refractivity contribution in [2.24, 2.45) is 11.8 Å². The lowest BCUT2D eigenvalue weighted by atomic mass is 9.96. The molecule has 2 amide bonds. The SMILES string of the molecule is O=C(Nc1ccc(N2CCC(C(=O)NCC3CC3)CC2)nc1)c1oc(N2CCCCC2)nc1C(F)(F)F. The molecule has 3 aliphatic rings. The van der Waals surface area contributed by atoms with Crippen LogP contribution < -0.4 is 20.4 Å². The Labute approximate surface area is 212 Å². The minimum atomic E-state index is -4.83. The van der Waals surface area contributed by atoms with E-state index in [9.17, 15) is 22.8 Å². The summed E-state index contributed by atoms with van der Waals surface area (Å²) in [7, 11) is 0. The molecule has 1 saturated carbocycles. The molecule has 37 heavy (non-hydrogen) atoms. The van der Waals surface area contributed by atoms with Gasteiger partial charge in [0.1, 0.15) is 5.82 Å². The van der Waals surface area contributed by atoms with Crippen molar-refractivity contribution in [1.29, 1.82) is 0 Å². The van der Waals surface area contributed by atoms with Gasteiger partial charge in [-0.3, -0.25) is 9.59 Å². The van der Waals surface area contributed by atoms with E-state index >= 15 is 0 Å². The van der Waals surface area contributed by atoms with Gasteiger partial charge in [0.2, 0.25) is 11.7 Å². The van der Waals surface area contributed by atoms with Crippen LogP contribution in [0.5, 0.6) is 0 Å². The van der Waals surface area contributed by atoms with Gasteiger partial charge >= 0.3 is 6.18 Å². The average Bonchev–Trinajstić information content (AvgIpc) is 3.62. The van der Waals surface area contributed by atoms with Gasteiger partial charge in [0.05, 0.1) is 11.9 Å². The van der Waals surface area contributed by atoms with Crippen molar-refractivity contribution in [3.8, 4) is 0 Å². The van der Waals surface area contributed by atoms with Crippen molar-refractivity contribution >= 4 is 29.3 Å². The second-order valence-corrected chi connectivity index (χ2v) is 10.0. The molecular formula is C25H31F3N6O3. The summed E-state index contributed by atoms with van der Waals surface area (Å²) in [6.07, 6.45) is 3.06. The van der Waals surface area contributed by atoms with E-state index in [0.29, 0.717) is 37.9 Å². The van der Waals surface area contributed by atoms with Gasteiger partial charge in [0.15, 0.2) is 5.69 Å². The maximum Gasteiger partial charge on any atom is 0.437 e. The molecule has 4 heterocycles. The molecule has 12 heteroatoms. The molecule has 2 N–H and O–H groups in total.